The quantitative estimate of drug-likeness (QED) is 0.517. The summed E-state index contributed by atoms with van der Waals surface area (Å²) in [6.07, 6.45) is 5.47. The fraction of sp³-hybridized carbons (Fsp3) is 0.167. The molecule has 1 aliphatic rings. The van der Waals surface area contributed by atoms with E-state index >= 15 is 0 Å². The molecule has 0 saturated heterocycles. The van der Waals surface area contributed by atoms with Gasteiger partial charge in [-0.3, -0.25) is 4.84 Å². The minimum Gasteiger partial charge on any atom is -0.585 e. The van der Waals surface area contributed by atoms with Gasteiger partial charge in [0.05, 0.1) is 0 Å². The molecule has 0 heterocycles. The summed E-state index contributed by atoms with van der Waals surface area (Å²) in [5, 5.41) is 11.4. The Kier molecular flexibility index (Phi) is 3.96. The van der Waals surface area contributed by atoms with Crippen molar-refractivity contribution in [2.45, 2.75) is 12.5 Å². The number of nitrogen functional groups attached to an aromatic ring is 1. The summed E-state index contributed by atoms with van der Waals surface area (Å²) in [6.45, 7) is 0. The minimum absolute atomic E-state index is 0.182. The monoisotopic (exact) mass is 249 g/mol. The number of benzene rings is 1. The van der Waals surface area contributed by atoms with E-state index in [0.717, 1.165) is 0 Å². The average molecular weight is 249 g/mol. The van der Waals surface area contributed by atoms with Crippen LogP contribution in [0.5, 0.6) is 5.75 Å². The van der Waals surface area contributed by atoms with E-state index < -0.39 is 5.23 Å². The standard InChI is InChI=1S/C12H15N3O3/c13-9-1-5-12(6-2-9)18-15(16)10-3-7-11(17-14)8-4-10/h1-7,11,15H,8,13-14H2. The van der Waals surface area contributed by atoms with Crippen LogP contribution >= 0.6 is 0 Å². The van der Waals surface area contributed by atoms with E-state index in [1.807, 2.05) is 0 Å². The molecule has 6 nitrogen and oxygen atoms in total. The van der Waals surface area contributed by atoms with E-state index in [4.69, 9.17) is 16.5 Å². The van der Waals surface area contributed by atoms with E-state index in [1.54, 1.807) is 42.5 Å². The van der Waals surface area contributed by atoms with Gasteiger partial charge < -0.3 is 15.8 Å². The highest BCUT2D eigenvalue weighted by atomic mass is 16.9. The van der Waals surface area contributed by atoms with Crippen LogP contribution in [0.15, 0.2) is 48.2 Å². The highest BCUT2D eigenvalue weighted by Crippen LogP contribution is 2.12. The lowest BCUT2D eigenvalue weighted by atomic mass is 10.1. The minimum atomic E-state index is -0.411. The molecule has 5 N–H and O–H groups in total. The molecule has 1 aliphatic carbocycles. The van der Waals surface area contributed by atoms with Gasteiger partial charge in [0.1, 0.15) is 6.10 Å². The smallest absolute Gasteiger partial charge is 0.191 e. The van der Waals surface area contributed by atoms with E-state index in [1.165, 1.54) is 0 Å². The van der Waals surface area contributed by atoms with E-state index in [0.29, 0.717) is 23.6 Å². The van der Waals surface area contributed by atoms with Crippen molar-refractivity contribution >= 4 is 5.69 Å². The molecule has 2 atom stereocenters. The predicted molar refractivity (Wildman–Crippen MR) is 66.7 cm³/mol. The van der Waals surface area contributed by atoms with Crippen LogP contribution < -0.4 is 21.7 Å². The number of rotatable bonds is 4. The third-order valence-corrected chi connectivity index (χ3v) is 2.56. The number of hydroxylamine groups is 2. The van der Waals surface area contributed by atoms with E-state index in [2.05, 4.69) is 4.84 Å². The van der Waals surface area contributed by atoms with Gasteiger partial charge in [0.15, 0.2) is 11.4 Å². The maximum Gasteiger partial charge on any atom is 0.191 e. The number of hydrogen-bond acceptors (Lipinski definition) is 5. The highest BCUT2D eigenvalue weighted by molar-refractivity contribution is 5.41. The summed E-state index contributed by atoms with van der Waals surface area (Å²) in [5.41, 5.74) is 6.65. The van der Waals surface area contributed by atoms with Crippen molar-refractivity contribution < 1.29 is 14.9 Å². The molecule has 1 aromatic rings. The van der Waals surface area contributed by atoms with Crippen molar-refractivity contribution in [3.05, 3.63) is 53.4 Å². The van der Waals surface area contributed by atoms with Crippen molar-refractivity contribution in [1.29, 1.82) is 0 Å². The second-order valence-corrected chi connectivity index (χ2v) is 3.89. The lowest BCUT2D eigenvalue weighted by Crippen LogP contribution is -3.07. The Balaban J connectivity index is 1.96. The molecule has 0 spiro atoms. The Labute approximate surface area is 105 Å². The molecule has 0 bridgehead atoms. The zero-order valence-electron chi connectivity index (χ0n) is 9.71. The Hall–Kier alpha value is -1.86. The second-order valence-electron chi connectivity index (χ2n) is 3.89. The Morgan fingerprint density at radius 1 is 1.28 bits per heavy atom. The number of nitrogens with one attached hydrogen (secondary N) is 1. The third-order valence-electron chi connectivity index (χ3n) is 2.56. The molecule has 0 radical (unpaired) electrons. The molecule has 0 fully saturated rings. The predicted octanol–water partition coefficient (Wildman–Crippen LogP) is 0.0480. The van der Waals surface area contributed by atoms with Crippen LogP contribution in [-0.2, 0) is 4.84 Å². The molecular formula is C12H15N3O3. The summed E-state index contributed by atoms with van der Waals surface area (Å²) in [6, 6.07) is 6.64. The SMILES string of the molecule is NOC1C=CC([NH+]([O-])Oc2ccc(N)cc2)=CC1. The van der Waals surface area contributed by atoms with Crippen LogP contribution in [0.4, 0.5) is 5.69 Å². The van der Waals surface area contributed by atoms with Gasteiger partial charge in [-0.2, -0.15) is 0 Å². The molecule has 0 aromatic heterocycles. The first-order valence-electron chi connectivity index (χ1n) is 5.50. The van der Waals surface area contributed by atoms with Gasteiger partial charge in [-0.25, -0.2) is 5.90 Å². The topological polar surface area (TPSA) is 98.0 Å². The lowest BCUT2D eigenvalue weighted by molar-refractivity contribution is -0.984. The zero-order valence-corrected chi connectivity index (χ0v) is 9.71. The summed E-state index contributed by atoms with van der Waals surface area (Å²) < 4.78 is 0. The maximum atomic E-state index is 11.8. The normalized spacial score (nSPS) is 20.3. The van der Waals surface area contributed by atoms with Crippen molar-refractivity contribution in [3.8, 4) is 5.75 Å². The van der Waals surface area contributed by atoms with Crippen LogP contribution in [0.25, 0.3) is 0 Å². The van der Waals surface area contributed by atoms with Crippen LogP contribution in [0.1, 0.15) is 6.42 Å². The molecule has 2 rings (SSSR count). The van der Waals surface area contributed by atoms with Gasteiger partial charge >= 0.3 is 0 Å². The number of nitrogens with two attached hydrogens (primary N) is 2. The molecular weight excluding hydrogens is 234 g/mol. The van der Waals surface area contributed by atoms with Crippen LogP contribution in [0.3, 0.4) is 0 Å². The molecule has 2 unspecified atom stereocenters. The van der Waals surface area contributed by atoms with E-state index in [-0.39, 0.29) is 6.10 Å². The van der Waals surface area contributed by atoms with Crippen molar-refractivity contribution in [2.24, 2.45) is 5.90 Å². The van der Waals surface area contributed by atoms with Crippen molar-refractivity contribution in [2.75, 3.05) is 5.73 Å². The molecule has 0 saturated carbocycles. The Morgan fingerprint density at radius 3 is 2.56 bits per heavy atom. The second kappa shape index (κ2) is 5.65. The lowest BCUT2D eigenvalue weighted by Gasteiger charge is -2.23. The Bertz CT molecular complexity index is 456. The summed E-state index contributed by atoms with van der Waals surface area (Å²) >= 11 is 0. The summed E-state index contributed by atoms with van der Waals surface area (Å²) in [7, 11) is 0. The van der Waals surface area contributed by atoms with Gasteiger partial charge in [0.2, 0.25) is 0 Å². The first-order valence-corrected chi connectivity index (χ1v) is 5.50. The molecule has 0 amide bonds. The highest BCUT2D eigenvalue weighted by Gasteiger charge is 2.14. The van der Waals surface area contributed by atoms with E-state index in [9.17, 15) is 5.21 Å². The largest absolute Gasteiger partial charge is 0.585 e. The number of quaternary nitrogens is 1. The summed E-state index contributed by atoms with van der Waals surface area (Å²) in [5.74, 6) is 5.51. The van der Waals surface area contributed by atoms with Gasteiger partial charge in [-0.15, -0.1) is 5.23 Å². The fourth-order valence-electron chi connectivity index (χ4n) is 1.55. The van der Waals surface area contributed by atoms with Crippen molar-refractivity contribution in [3.63, 3.8) is 0 Å². The van der Waals surface area contributed by atoms with Gasteiger partial charge in [0, 0.05) is 18.2 Å². The average Bonchev–Trinajstić information content (AvgIpc) is 2.41. The van der Waals surface area contributed by atoms with Crippen LogP contribution in [0.2, 0.25) is 0 Å². The fourth-order valence-corrected chi connectivity index (χ4v) is 1.55. The van der Waals surface area contributed by atoms with Gasteiger partial charge in [0.25, 0.3) is 0 Å². The summed E-state index contributed by atoms with van der Waals surface area (Å²) in [4.78, 5) is 9.84. The number of allylic oxidation sites excluding steroid dienone is 1. The third kappa shape index (κ3) is 3.08. The molecule has 0 aliphatic heterocycles. The van der Waals surface area contributed by atoms with Gasteiger partial charge in [-0.05, 0) is 36.4 Å². The molecule has 18 heavy (non-hydrogen) atoms. The Morgan fingerprint density at radius 2 is 2.00 bits per heavy atom. The number of hydrogen-bond donors (Lipinski definition) is 3. The van der Waals surface area contributed by atoms with Crippen LogP contribution in [-0.4, -0.2) is 6.10 Å². The first-order chi connectivity index (χ1) is 8.69. The first kappa shape index (κ1) is 12.6. The van der Waals surface area contributed by atoms with Crippen molar-refractivity contribution in [1.82, 2.24) is 0 Å². The van der Waals surface area contributed by atoms with Gasteiger partial charge in [-0.1, -0.05) is 0 Å². The zero-order chi connectivity index (χ0) is 13.0. The molecule has 96 valence electrons. The van der Waals surface area contributed by atoms with Crippen LogP contribution in [0, 0.1) is 5.21 Å². The molecule has 1 aromatic carbocycles. The molecule has 6 heteroatoms. The maximum absolute atomic E-state index is 11.8. The number of anilines is 1.